The Balaban J connectivity index is 1.80. The minimum atomic E-state index is -1.25. The molecule has 1 atom stereocenters. The zero-order chi connectivity index (χ0) is 23.0. The number of amides is 1. The van der Waals surface area contributed by atoms with Gasteiger partial charge >= 0.3 is 11.8 Å². The van der Waals surface area contributed by atoms with E-state index in [9.17, 15) is 14.4 Å². The van der Waals surface area contributed by atoms with Gasteiger partial charge in [0.15, 0.2) is 0 Å². The number of hydrogen-bond donors (Lipinski definition) is 1. The summed E-state index contributed by atoms with van der Waals surface area (Å²) < 4.78 is 13.5. The number of ether oxygens (including phenoxy) is 2. The van der Waals surface area contributed by atoms with Gasteiger partial charge < -0.3 is 24.4 Å². The SMILES string of the molecule is COCCn1c(=O)c2c(C)c(CN3CCN(C)C3=NC(=O)O)sc2n(CC2CCO2)c1=O. The first kappa shape index (κ1) is 22.5. The smallest absolute Gasteiger partial charge is 0.434 e. The van der Waals surface area contributed by atoms with Crippen molar-refractivity contribution in [1.29, 1.82) is 0 Å². The van der Waals surface area contributed by atoms with Crippen LogP contribution in [-0.2, 0) is 29.1 Å². The normalized spacial score (nSPS) is 19.8. The third-order valence-electron chi connectivity index (χ3n) is 5.95. The molecule has 2 fully saturated rings. The van der Waals surface area contributed by atoms with Crippen molar-refractivity contribution in [2.75, 3.05) is 40.5 Å². The summed E-state index contributed by atoms with van der Waals surface area (Å²) >= 11 is 1.40. The molecule has 0 aliphatic carbocycles. The third kappa shape index (κ3) is 4.05. The Morgan fingerprint density at radius 3 is 2.69 bits per heavy atom. The van der Waals surface area contributed by atoms with Crippen LogP contribution in [0.5, 0.6) is 0 Å². The molecule has 0 saturated carbocycles. The summed E-state index contributed by atoms with van der Waals surface area (Å²) in [6.07, 6.45) is -0.420. The fraction of sp³-hybridized carbons (Fsp3) is 0.600. The van der Waals surface area contributed by atoms with Crippen LogP contribution < -0.4 is 11.2 Å². The summed E-state index contributed by atoms with van der Waals surface area (Å²) in [5, 5.41) is 9.64. The van der Waals surface area contributed by atoms with Gasteiger partial charge in [0, 0.05) is 38.7 Å². The van der Waals surface area contributed by atoms with Crippen LogP contribution in [0.4, 0.5) is 4.79 Å². The fourth-order valence-corrected chi connectivity index (χ4v) is 5.36. The number of aliphatic imine (C=N–C) groups is 1. The number of likely N-dealkylation sites (N-methyl/N-ethyl adjacent to an activating group) is 1. The van der Waals surface area contributed by atoms with Gasteiger partial charge in [0.1, 0.15) is 4.83 Å². The van der Waals surface area contributed by atoms with Crippen molar-refractivity contribution in [2.24, 2.45) is 4.99 Å². The molecule has 2 aromatic heterocycles. The van der Waals surface area contributed by atoms with E-state index in [1.807, 2.05) is 11.8 Å². The number of carbonyl (C=O) groups is 1. The first-order valence-electron chi connectivity index (χ1n) is 10.5. The number of rotatable bonds is 7. The minimum Gasteiger partial charge on any atom is -0.463 e. The molecular weight excluding hydrogens is 438 g/mol. The first-order valence-corrected chi connectivity index (χ1v) is 11.3. The van der Waals surface area contributed by atoms with E-state index in [0.29, 0.717) is 49.0 Å². The molecule has 2 aliphatic rings. The molecular formula is C20H27N5O6S. The van der Waals surface area contributed by atoms with Crippen molar-refractivity contribution in [1.82, 2.24) is 18.9 Å². The van der Waals surface area contributed by atoms with E-state index >= 15 is 0 Å². The second-order valence-electron chi connectivity index (χ2n) is 7.99. The average Bonchev–Trinajstić information content (AvgIpc) is 3.21. The van der Waals surface area contributed by atoms with Crippen LogP contribution in [0.15, 0.2) is 14.6 Å². The Kier molecular flexibility index (Phi) is 6.35. The number of guanidine groups is 1. The maximum atomic E-state index is 13.3. The van der Waals surface area contributed by atoms with Crippen LogP contribution in [0.2, 0.25) is 0 Å². The van der Waals surface area contributed by atoms with Gasteiger partial charge in [-0.15, -0.1) is 16.3 Å². The van der Waals surface area contributed by atoms with Gasteiger partial charge in [0.2, 0.25) is 5.96 Å². The van der Waals surface area contributed by atoms with Crippen molar-refractivity contribution in [3.05, 3.63) is 31.3 Å². The van der Waals surface area contributed by atoms with Crippen LogP contribution in [0.3, 0.4) is 0 Å². The van der Waals surface area contributed by atoms with Crippen molar-refractivity contribution in [2.45, 2.75) is 39.1 Å². The second-order valence-corrected chi connectivity index (χ2v) is 9.08. The average molecular weight is 466 g/mol. The summed E-state index contributed by atoms with van der Waals surface area (Å²) in [6.45, 7) is 5.06. The molecule has 2 saturated heterocycles. The molecule has 0 aromatic carbocycles. The Labute approximate surface area is 188 Å². The number of methoxy groups -OCH3 is 1. The number of aryl methyl sites for hydroxylation is 1. The number of hydrogen-bond acceptors (Lipinski definition) is 6. The zero-order valence-electron chi connectivity index (χ0n) is 18.4. The lowest BCUT2D eigenvalue weighted by Gasteiger charge is -2.27. The lowest BCUT2D eigenvalue weighted by molar-refractivity contribution is -0.0593. The fourth-order valence-electron chi connectivity index (χ4n) is 4.04. The largest absolute Gasteiger partial charge is 0.463 e. The third-order valence-corrected chi connectivity index (χ3v) is 7.25. The highest BCUT2D eigenvalue weighted by Gasteiger charge is 2.28. The molecule has 1 unspecified atom stereocenters. The highest BCUT2D eigenvalue weighted by atomic mass is 32.1. The van der Waals surface area contributed by atoms with Gasteiger partial charge in [0.25, 0.3) is 5.56 Å². The summed E-state index contributed by atoms with van der Waals surface area (Å²) in [4.78, 5) is 46.5. The van der Waals surface area contributed by atoms with Crippen molar-refractivity contribution in [3.63, 3.8) is 0 Å². The van der Waals surface area contributed by atoms with E-state index in [-0.39, 0.29) is 30.5 Å². The zero-order valence-corrected chi connectivity index (χ0v) is 19.2. The van der Waals surface area contributed by atoms with E-state index in [0.717, 1.165) is 16.9 Å². The Morgan fingerprint density at radius 1 is 1.31 bits per heavy atom. The van der Waals surface area contributed by atoms with Crippen LogP contribution in [0, 0.1) is 6.92 Å². The van der Waals surface area contributed by atoms with Crippen molar-refractivity contribution in [3.8, 4) is 0 Å². The number of thiophene rings is 1. The summed E-state index contributed by atoms with van der Waals surface area (Å²) in [7, 11) is 3.33. The van der Waals surface area contributed by atoms with Crippen LogP contribution in [-0.4, -0.2) is 82.7 Å². The van der Waals surface area contributed by atoms with Gasteiger partial charge in [-0.2, -0.15) is 0 Å². The molecule has 32 heavy (non-hydrogen) atoms. The molecule has 0 spiro atoms. The van der Waals surface area contributed by atoms with Crippen molar-refractivity contribution >= 4 is 33.6 Å². The summed E-state index contributed by atoms with van der Waals surface area (Å²) in [6, 6.07) is 0. The van der Waals surface area contributed by atoms with Gasteiger partial charge in [-0.3, -0.25) is 13.9 Å². The molecule has 2 aliphatic heterocycles. The molecule has 12 heteroatoms. The predicted molar refractivity (Wildman–Crippen MR) is 120 cm³/mol. The molecule has 2 aromatic rings. The molecule has 0 bridgehead atoms. The maximum Gasteiger partial charge on any atom is 0.434 e. The number of aromatic nitrogens is 2. The Hall–Kier alpha value is -2.70. The van der Waals surface area contributed by atoms with E-state index in [2.05, 4.69) is 4.99 Å². The molecule has 1 amide bonds. The molecule has 1 N–H and O–H groups in total. The van der Waals surface area contributed by atoms with E-state index in [1.165, 1.54) is 23.0 Å². The quantitative estimate of drug-likeness (QED) is 0.636. The first-order chi connectivity index (χ1) is 15.3. The lowest BCUT2D eigenvalue weighted by atomic mass is 10.2. The van der Waals surface area contributed by atoms with E-state index in [4.69, 9.17) is 14.6 Å². The summed E-state index contributed by atoms with van der Waals surface area (Å²) in [5.74, 6) is 0.382. The Morgan fingerprint density at radius 2 is 2.06 bits per heavy atom. The number of fused-ring (bicyclic) bond motifs is 1. The lowest BCUT2D eigenvalue weighted by Crippen LogP contribution is -2.43. The standard InChI is InChI=1S/C20H27N5O6S/c1-12-14(11-23-6-5-22(2)18(23)21-19(27)28)32-17-15(12)16(26)24(7-9-30-3)20(29)25(17)10-13-4-8-31-13/h13H,4-11H2,1-3H3,(H,27,28). The van der Waals surface area contributed by atoms with Crippen LogP contribution >= 0.6 is 11.3 Å². The van der Waals surface area contributed by atoms with Crippen LogP contribution in [0.25, 0.3) is 10.2 Å². The van der Waals surface area contributed by atoms with Crippen LogP contribution in [0.1, 0.15) is 16.9 Å². The number of nitrogens with zero attached hydrogens (tertiary/aromatic N) is 5. The highest BCUT2D eigenvalue weighted by molar-refractivity contribution is 7.18. The van der Waals surface area contributed by atoms with Gasteiger partial charge in [-0.05, 0) is 18.9 Å². The topological polar surface area (TPSA) is 119 Å². The molecule has 11 nitrogen and oxygen atoms in total. The van der Waals surface area contributed by atoms with Gasteiger partial charge in [0.05, 0.1) is 37.7 Å². The Bertz CT molecular complexity index is 1180. The monoisotopic (exact) mass is 465 g/mol. The van der Waals surface area contributed by atoms with E-state index < -0.39 is 6.09 Å². The van der Waals surface area contributed by atoms with Crippen molar-refractivity contribution < 1.29 is 19.4 Å². The molecule has 0 radical (unpaired) electrons. The summed E-state index contributed by atoms with van der Waals surface area (Å²) in [5.41, 5.74) is 0.108. The molecule has 4 rings (SSSR count). The van der Waals surface area contributed by atoms with Gasteiger partial charge in [-0.1, -0.05) is 0 Å². The predicted octanol–water partition coefficient (Wildman–Crippen LogP) is 0.750. The van der Waals surface area contributed by atoms with E-state index in [1.54, 1.807) is 16.5 Å². The molecule has 174 valence electrons. The number of carboxylic acid groups (broad SMARTS) is 1. The minimum absolute atomic E-state index is 0.0448. The highest BCUT2D eigenvalue weighted by Crippen LogP contribution is 2.30. The second kappa shape index (κ2) is 9.04. The molecule has 4 heterocycles. The van der Waals surface area contributed by atoms with Gasteiger partial charge in [-0.25, -0.2) is 9.59 Å². The maximum absolute atomic E-state index is 13.3.